The molecule has 1 aromatic carbocycles. The van der Waals surface area contributed by atoms with Gasteiger partial charge in [0.2, 0.25) is 0 Å². The molecule has 1 aromatic rings. The molecule has 0 saturated heterocycles. The molecule has 4 atom stereocenters. The van der Waals surface area contributed by atoms with Crippen molar-refractivity contribution in [2.75, 3.05) is 0 Å². The molecule has 27 heavy (non-hydrogen) atoms. The number of aliphatic hydroxyl groups excluding tert-OH is 1. The van der Waals surface area contributed by atoms with E-state index in [0.717, 1.165) is 31.2 Å². The second kappa shape index (κ2) is 9.13. The number of hydrogen-bond donors (Lipinski definition) is 2. The highest BCUT2D eigenvalue weighted by atomic mass is 19.1. The third-order valence-electron chi connectivity index (χ3n) is 5.59. The summed E-state index contributed by atoms with van der Waals surface area (Å²) in [5, 5.41) is 23.1. The van der Waals surface area contributed by atoms with E-state index in [0.29, 0.717) is 18.3 Å². The molecule has 0 heterocycles. The standard InChI is InChI=1S/C21H26FNO4/c22-17-7-5-14(6-8-17)13-27-23-12-19-18-10-15(3-1-2-4-21(25)26)9-16(18)11-20(19)24/h3,5-8,12,16,18-20,24H,1-2,4,9-11,13H2,(H,25,26)/b15-3+,23-12+/t16-,18-,19+,20+/m0/s1. The van der Waals surface area contributed by atoms with Crippen molar-refractivity contribution >= 4 is 12.2 Å². The molecule has 3 rings (SSSR count). The Morgan fingerprint density at radius 3 is 2.81 bits per heavy atom. The lowest BCUT2D eigenvalue weighted by atomic mass is 9.92. The number of oxime groups is 1. The lowest BCUT2D eigenvalue weighted by Gasteiger charge is -2.15. The van der Waals surface area contributed by atoms with Gasteiger partial charge in [-0.3, -0.25) is 4.79 Å². The maximum atomic E-state index is 12.9. The summed E-state index contributed by atoms with van der Waals surface area (Å²) in [6, 6.07) is 6.08. The first-order valence-corrected chi connectivity index (χ1v) is 9.50. The number of rotatable bonds is 8. The fourth-order valence-corrected chi connectivity index (χ4v) is 4.24. The first-order valence-electron chi connectivity index (χ1n) is 9.50. The van der Waals surface area contributed by atoms with E-state index in [2.05, 4.69) is 11.2 Å². The molecular weight excluding hydrogens is 349 g/mol. The van der Waals surface area contributed by atoms with Gasteiger partial charge in [0.15, 0.2) is 0 Å². The molecule has 6 heteroatoms. The zero-order valence-electron chi connectivity index (χ0n) is 15.3. The average molecular weight is 375 g/mol. The predicted octanol–water partition coefficient (Wildman–Crippen LogP) is 3.92. The molecule has 2 N–H and O–H groups in total. The zero-order valence-corrected chi connectivity index (χ0v) is 15.3. The highest BCUT2D eigenvalue weighted by Crippen LogP contribution is 2.49. The van der Waals surface area contributed by atoms with E-state index < -0.39 is 12.1 Å². The molecule has 146 valence electrons. The largest absolute Gasteiger partial charge is 0.481 e. The number of fused-ring (bicyclic) bond motifs is 1. The average Bonchev–Trinajstić information content (AvgIpc) is 3.14. The van der Waals surface area contributed by atoms with Crippen molar-refractivity contribution < 1.29 is 24.2 Å². The fraction of sp³-hybridized carbons (Fsp3) is 0.524. The van der Waals surface area contributed by atoms with Gasteiger partial charge >= 0.3 is 5.97 Å². The van der Waals surface area contributed by atoms with E-state index in [1.807, 2.05) is 0 Å². The highest BCUT2D eigenvalue weighted by Gasteiger charge is 2.45. The Labute approximate surface area is 158 Å². The molecule has 2 aliphatic rings. The number of aliphatic hydroxyl groups is 1. The number of carboxylic acids is 1. The summed E-state index contributed by atoms with van der Waals surface area (Å²) < 4.78 is 12.9. The zero-order chi connectivity index (χ0) is 19.2. The number of nitrogens with zero attached hydrogens (tertiary/aromatic N) is 1. The van der Waals surface area contributed by atoms with Gasteiger partial charge in [-0.2, -0.15) is 0 Å². The van der Waals surface area contributed by atoms with Crippen molar-refractivity contribution in [3.05, 3.63) is 47.3 Å². The quantitative estimate of drug-likeness (QED) is 0.312. The van der Waals surface area contributed by atoms with Gasteiger partial charge in [-0.05, 0) is 61.6 Å². The van der Waals surface area contributed by atoms with Crippen molar-refractivity contribution in [2.24, 2.45) is 22.9 Å². The van der Waals surface area contributed by atoms with Crippen LogP contribution >= 0.6 is 0 Å². The molecule has 0 aliphatic heterocycles. The maximum Gasteiger partial charge on any atom is 0.303 e. The third kappa shape index (κ3) is 5.39. The third-order valence-corrected chi connectivity index (χ3v) is 5.59. The lowest BCUT2D eigenvalue weighted by Crippen LogP contribution is -2.20. The minimum atomic E-state index is -0.753. The van der Waals surface area contributed by atoms with Crippen LogP contribution in [-0.4, -0.2) is 28.5 Å². The van der Waals surface area contributed by atoms with Gasteiger partial charge in [-0.25, -0.2) is 4.39 Å². The molecule has 0 spiro atoms. The fourth-order valence-electron chi connectivity index (χ4n) is 4.24. The van der Waals surface area contributed by atoms with Crippen molar-refractivity contribution in [2.45, 2.75) is 51.2 Å². The van der Waals surface area contributed by atoms with Crippen LogP contribution in [0, 0.1) is 23.6 Å². The molecule has 2 saturated carbocycles. The number of benzene rings is 1. The summed E-state index contributed by atoms with van der Waals surface area (Å²) in [6.45, 7) is 0.266. The van der Waals surface area contributed by atoms with Crippen LogP contribution in [0.2, 0.25) is 0 Å². The normalized spacial score (nSPS) is 28.7. The molecule has 0 unspecified atom stereocenters. The maximum absolute atomic E-state index is 12.9. The first-order chi connectivity index (χ1) is 13.0. The van der Waals surface area contributed by atoms with Gasteiger partial charge in [-0.1, -0.05) is 28.9 Å². The van der Waals surface area contributed by atoms with E-state index in [1.165, 1.54) is 17.7 Å². The van der Waals surface area contributed by atoms with Crippen LogP contribution in [-0.2, 0) is 16.2 Å². The minimum Gasteiger partial charge on any atom is -0.481 e. The Morgan fingerprint density at radius 1 is 1.30 bits per heavy atom. The summed E-state index contributed by atoms with van der Waals surface area (Å²) >= 11 is 0. The number of carboxylic acid groups (broad SMARTS) is 1. The number of allylic oxidation sites excluding steroid dienone is 2. The summed E-state index contributed by atoms with van der Waals surface area (Å²) in [4.78, 5) is 15.9. The van der Waals surface area contributed by atoms with Crippen molar-refractivity contribution in [3.63, 3.8) is 0 Å². The molecule has 5 nitrogen and oxygen atoms in total. The molecule has 0 amide bonds. The molecule has 0 aromatic heterocycles. The van der Waals surface area contributed by atoms with Crippen LogP contribution in [0.4, 0.5) is 4.39 Å². The van der Waals surface area contributed by atoms with Crippen molar-refractivity contribution in [3.8, 4) is 0 Å². The van der Waals surface area contributed by atoms with Crippen LogP contribution in [0.25, 0.3) is 0 Å². The molecule has 2 aliphatic carbocycles. The smallest absolute Gasteiger partial charge is 0.303 e. The lowest BCUT2D eigenvalue weighted by molar-refractivity contribution is -0.137. The van der Waals surface area contributed by atoms with E-state index in [9.17, 15) is 14.3 Å². The summed E-state index contributed by atoms with van der Waals surface area (Å²) in [5.41, 5.74) is 2.21. The first kappa shape index (κ1) is 19.5. The van der Waals surface area contributed by atoms with Gasteiger partial charge in [0, 0.05) is 18.6 Å². The van der Waals surface area contributed by atoms with E-state index >= 15 is 0 Å². The second-order valence-electron chi connectivity index (χ2n) is 7.52. The van der Waals surface area contributed by atoms with Crippen molar-refractivity contribution in [1.29, 1.82) is 0 Å². The summed E-state index contributed by atoms with van der Waals surface area (Å²) in [5.74, 6) is -0.233. The van der Waals surface area contributed by atoms with Crippen LogP contribution in [0.3, 0.4) is 0 Å². The Bertz CT molecular complexity index is 701. The summed E-state index contributed by atoms with van der Waals surface area (Å²) in [7, 11) is 0. The number of carbonyl (C=O) groups is 1. The Hall–Kier alpha value is -2.21. The van der Waals surface area contributed by atoms with Crippen LogP contribution in [0.5, 0.6) is 0 Å². The SMILES string of the molecule is O=C(O)CCC/C=C1\C[C@H]2C[C@@H](O)[C@H](/C=N/OCc3ccc(F)cc3)[C@H]2C1. The van der Waals surface area contributed by atoms with Crippen LogP contribution in [0.15, 0.2) is 41.1 Å². The van der Waals surface area contributed by atoms with E-state index in [-0.39, 0.29) is 24.8 Å². The van der Waals surface area contributed by atoms with Crippen LogP contribution in [0.1, 0.15) is 44.1 Å². The molecular formula is C21H26FNO4. The molecule has 2 fully saturated rings. The number of halogens is 1. The second-order valence-corrected chi connectivity index (χ2v) is 7.52. The topological polar surface area (TPSA) is 79.1 Å². The molecule has 0 bridgehead atoms. The van der Waals surface area contributed by atoms with E-state index in [4.69, 9.17) is 9.94 Å². The van der Waals surface area contributed by atoms with Gasteiger partial charge in [-0.15, -0.1) is 0 Å². The Morgan fingerprint density at radius 2 is 2.07 bits per heavy atom. The number of aliphatic carboxylic acids is 1. The molecule has 0 radical (unpaired) electrons. The number of hydrogen-bond acceptors (Lipinski definition) is 4. The predicted molar refractivity (Wildman–Crippen MR) is 99.6 cm³/mol. The number of unbranched alkanes of at least 4 members (excludes halogenated alkanes) is 1. The monoisotopic (exact) mass is 375 g/mol. The van der Waals surface area contributed by atoms with E-state index in [1.54, 1.807) is 18.3 Å². The van der Waals surface area contributed by atoms with Gasteiger partial charge in [0.25, 0.3) is 0 Å². The van der Waals surface area contributed by atoms with Gasteiger partial charge in [0.1, 0.15) is 12.4 Å². The van der Waals surface area contributed by atoms with Crippen LogP contribution < -0.4 is 0 Å². The summed E-state index contributed by atoms with van der Waals surface area (Å²) in [6.07, 6.45) is 7.84. The highest BCUT2D eigenvalue weighted by molar-refractivity contribution is 5.66. The van der Waals surface area contributed by atoms with Crippen molar-refractivity contribution in [1.82, 2.24) is 0 Å². The Balaban J connectivity index is 1.48. The van der Waals surface area contributed by atoms with Gasteiger partial charge < -0.3 is 15.1 Å². The van der Waals surface area contributed by atoms with Gasteiger partial charge in [0.05, 0.1) is 6.10 Å². The Kier molecular flexibility index (Phi) is 6.61. The minimum absolute atomic E-state index is 0.0202.